The topological polar surface area (TPSA) is 0 Å². The molecule has 22 valence electrons. The highest BCUT2D eigenvalue weighted by Crippen LogP contribution is 1.80. The molecular formula is CH5B2I. The van der Waals surface area contributed by atoms with Gasteiger partial charge in [-0.2, -0.15) is 0 Å². The van der Waals surface area contributed by atoms with Crippen molar-refractivity contribution in [3.8, 4) is 0 Å². The summed E-state index contributed by atoms with van der Waals surface area (Å²) in [6.07, 6.45) is 0. The number of hydrogen-bond acceptors (Lipinski definition) is 0. The third-order valence-electron chi connectivity index (χ3n) is 0. The highest BCUT2D eigenvalue weighted by molar-refractivity contribution is 14.1. The van der Waals surface area contributed by atoms with Crippen LogP contribution in [0.1, 0.15) is 0 Å². The highest BCUT2D eigenvalue weighted by atomic mass is 127. The van der Waals surface area contributed by atoms with E-state index in [1.807, 2.05) is 0 Å². The van der Waals surface area contributed by atoms with Crippen LogP contribution in [0.4, 0.5) is 0 Å². The fourth-order valence-electron chi connectivity index (χ4n) is 0. The summed E-state index contributed by atoms with van der Waals surface area (Å²) in [7, 11) is 4.31. The van der Waals surface area contributed by atoms with Gasteiger partial charge in [0, 0.05) is 0 Å². The van der Waals surface area contributed by atoms with Crippen LogP contribution in [0.15, 0.2) is 0 Å². The molecule has 0 aromatic rings. The minimum Gasteiger partial charge on any atom is -0.102 e. The van der Waals surface area contributed by atoms with E-state index in [0.717, 1.165) is 3.72 Å². The van der Waals surface area contributed by atoms with E-state index >= 15 is 0 Å². The fraction of sp³-hybridized carbons (Fsp3) is 1.00. The molecule has 0 saturated carbocycles. The lowest BCUT2D eigenvalue weighted by molar-refractivity contribution is 2.10. The van der Waals surface area contributed by atoms with E-state index in [1.165, 1.54) is 0 Å². The van der Waals surface area contributed by atoms with Crippen molar-refractivity contribution in [1.29, 1.82) is 0 Å². The Hall–Kier alpha value is 0.860. The second kappa shape index (κ2) is 2.12. The van der Waals surface area contributed by atoms with E-state index in [-0.39, 0.29) is 0 Å². The maximum atomic E-state index is 2.34. The lowest BCUT2D eigenvalue weighted by Gasteiger charge is -1.74. The lowest BCUT2D eigenvalue weighted by Crippen LogP contribution is -1.89. The smallest absolute Gasteiger partial charge is 0.102 e. The first-order chi connectivity index (χ1) is 1.73. The molecule has 0 aliphatic carbocycles. The number of alkyl halides is 1. The molecule has 4 heavy (non-hydrogen) atoms. The van der Waals surface area contributed by atoms with Crippen molar-refractivity contribution >= 4 is 38.3 Å². The van der Waals surface area contributed by atoms with Crippen LogP contribution in [0.3, 0.4) is 0 Å². The third kappa shape index (κ3) is 13.4. The van der Waals surface area contributed by atoms with Crippen molar-refractivity contribution in [1.82, 2.24) is 0 Å². The summed E-state index contributed by atoms with van der Waals surface area (Å²) in [5, 5.41) is 0. The largest absolute Gasteiger partial charge is 0.107 e. The zero-order valence-electron chi connectivity index (χ0n) is 2.96. The normalized spacial score (nSPS) is 8.50. The molecule has 0 fully saturated rings. The van der Waals surface area contributed by atoms with E-state index in [1.54, 1.807) is 0 Å². The molecular weight excluding hydrogens is 161 g/mol. The minimum atomic E-state index is 0.803. The second-order valence-corrected chi connectivity index (χ2v) is 3.51. The van der Waals surface area contributed by atoms with Gasteiger partial charge in [-0.05, 0) is 3.72 Å². The molecule has 0 N–H and O–H groups in total. The van der Waals surface area contributed by atoms with Gasteiger partial charge in [0.05, 0.1) is 0 Å². The molecule has 0 aliphatic rings. The quantitative estimate of drug-likeness (QED) is 0.245. The molecule has 0 spiro atoms. The first kappa shape index (κ1) is 4.86. The summed E-state index contributed by atoms with van der Waals surface area (Å²) in [6, 6.07) is 0. The lowest BCUT2D eigenvalue weighted by atomic mass is 9.87. The van der Waals surface area contributed by atoms with Gasteiger partial charge in [0.25, 0.3) is 0 Å². The molecule has 0 aromatic heterocycles. The van der Waals surface area contributed by atoms with E-state index in [2.05, 4.69) is 38.3 Å². The summed E-state index contributed by atoms with van der Waals surface area (Å²) in [5.74, 6) is 0. The Balaban J connectivity index is 2.32. The fourth-order valence-corrected chi connectivity index (χ4v) is 0. The third-order valence-corrected chi connectivity index (χ3v) is 0. The zero-order valence-corrected chi connectivity index (χ0v) is 5.11. The van der Waals surface area contributed by atoms with Gasteiger partial charge >= 0.3 is 0 Å². The van der Waals surface area contributed by atoms with Gasteiger partial charge in [0.15, 0.2) is 0 Å². The first-order valence-corrected chi connectivity index (χ1v) is 2.62. The van der Waals surface area contributed by atoms with Crippen LogP contribution in [-0.4, -0.2) is 19.4 Å². The Bertz CT molecular complexity index is 10.8. The summed E-state index contributed by atoms with van der Waals surface area (Å²) < 4.78 is 0.803. The van der Waals surface area contributed by atoms with E-state index in [9.17, 15) is 0 Å². The van der Waals surface area contributed by atoms with Crippen molar-refractivity contribution in [3.05, 3.63) is 0 Å². The van der Waals surface area contributed by atoms with Crippen molar-refractivity contribution < 1.29 is 0 Å². The molecule has 0 aliphatic heterocycles. The average Bonchev–Trinajstić information content (AvgIpc) is 0.811. The Morgan fingerprint density at radius 2 is 1.50 bits per heavy atom. The van der Waals surface area contributed by atoms with E-state index in [4.69, 9.17) is 0 Å². The molecule has 0 saturated heterocycles. The predicted octanol–water partition coefficient (Wildman–Crippen LogP) is -1.03. The first-order valence-electron chi connectivity index (χ1n) is 1.37. The van der Waals surface area contributed by atoms with Gasteiger partial charge in [0.1, 0.15) is 15.7 Å². The molecule has 0 bridgehead atoms. The van der Waals surface area contributed by atoms with Gasteiger partial charge in [-0.1, -0.05) is 0 Å². The van der Waals surface area contributed by atoms with Crippen LogP contribution in [0.25, 0.3) is 0 Å². The number of rotatable bonds is 0. The molecule has 0 aromatic carbocycles. The molecule has 0 amide bonds. The van der Waals surface area contributed by atoms with E-state index < -0.39 is 0 Å². The Morgan fingerprint density at radius 3 is 1.50 bits per heavy atom. The Kier molecular flexibility index (Phi) is 2.57. The standard InChI is InChI=1S/CH5B2I/c2-1(3)4/h1H,2-3H2. The van der Waals surface area contributed by atoms with Crippen molar-refractivity contribution in [3.63, 3.8) is 0 Å². The van der Waals surface area contributed by atoms with Gasteiger partial charge in [-0.25, -0.2) is 0 Å². The molecule has 0 nitrogen and oxygen atoms in total. The summed E-state index contributed by atoms with van der Waals surface area (Å²) in [6.45, 7) is 0. The minimum absolute atomic E-state index is 0.803. The predicted molar refractivity (Wildman–Crippen MR) is 34.9 cm³/mol. The maximum absolute atomic E-state index is 2.34. The molecule has 0 heterocycles. The SMILES string of the molecule is BC(B)I. The molecule has 3 heteroatoms. The van der Waals surface area contributed by atoms with Crippen LogP contribution in [0, 0.1) is 0 Å². The summed E-state index contributed by atoms with van der Waals surface area (Å²) >= 11 is 2.34. The maximum Gasteiger partial charge on any atom is 0.107 e. The molecule has 0 unspecified atom stereocenters. The Morgan fingerprint density at radius 1 is 1.50 bits per heavy atom. The van der Waals surface area contributed by atoms with Gasteiger partial charge < -0.3 is 0 Å². The highest BCUT2D eigenvalue weighted by Gasteiger charge is 1.73. The van der Waals surface area contributed by atoms with Crippen LogP contribution in [0.2, 0.25) is 0 Å². The Labute approximate surface area is 42.3 Å². The number of hydrogen-bond donors (Lipinski definition) is 0. The van der Waals surface area contributed by atoms with E-state index in [0.29, 0.717) is 0 Å². The summed E-state index contributed by atoms with van der Waals surface area (Å²) in [4.78, 5) is 0. The van der Waals surface area contributed by atoms with Crippen LogP contribution >= 0.6 is 22.6 Å². The van der Waals surface area contributed by atoms with Crippen molar-refractivity contribution in [2.24, 2.45) is 0 Å². The summed E-state index contributed by atoms with van der Waals surface area (Å²) in [5.41, 5.74) is 0. The molecule has 0 radical (unpaired) electrons. The van der Waals surface area contributed by atoms with Crippen LogP contribution in [0.5, 0.6) is 0 Å². The van der Waals surface area contributed by atoms with Gasteiger partial charge in [-0.15, -0.1) is 22.6 Å². The second-order valence-electron chi connectivity index (χ2n) is 1.01. The zero-order chi connectivity index (χ0) is 3.58. The van der Waals surface area contributed by atoms with Gasteiger partial charge in [-0.3, -0.25) is 0 Å². The van der Waals surface area contributed by atoms with Crippen LogP contribution < -0.4 is 0 Å². The molecule has 0 atom stereocenters. The van der Waals surface area contributed by atoms with Crippen molar-refractivity contribution in [2.45, 2.75) is 3.72 Å². The van der Waals surface area contributed by atoms with Crippen molar-refractivity contribution in [2.75, 3.05) is 0 Å². The average molecular weight is 166 g/mol. The number of halogens is 1. The van der Waals surface area contributed by atoms with Crippen LogP contribution in [-0.2, 0) is 0 Å². The molecule has 0 rings (SSSR count). The van der Waals surface area contributed by atoms with Gasteiger partial charge in [0.2, 0.25) is 0 Å². The monoisotopic (exact) mass is 166 g/mol.